The molecular weight excluding hydrogens is 396 g/mol. The predicted octanol–water partition coefficient (Wildman–Crippen LogP) is 3.84. The van der Waals surface area contributed by atoms with Crippen molar-refractivity contribution >= 4 is 40.3 Å². The smallest absolute Gasteiger partial charge is 0.227 e. The van der Waals surface area contributed by atoms with Crippen molar-refractivity contribution in [3.05, 3.63) is 59.9 Å². The number of nitrogens with zero attached hydrogens (tertiary/aromatic N) is 2. The number of aromatic nitrogens is 2. The molecule has 0 aliphatic carbocycles. The van der Waals surface area contributed by atoms with Gasteiger partial charge in [0.1, 0.15) is 5.82 Å². The molecule has 0 saturated carbocycles. The second-order valence-corrected chi connectivity index (χ2v) is 8.52. The Morgan fingerprint density at radius 3 is 2.73 bits per heavy atom. The summed E-state index contributed by atoms with van der Waals surface area (Å²) in [6, 6.07) is 15.4. The van der Waals surface area contributed by atoms with E-state index >= 15 is 0 Å². The number of aromatic amines is 1. The zero-order valence-electron chi connectivity index (χ0n) is 17.1. The van der Waals surface area contributed by atoms with Crippen molar-refractivity contribution < 1.29 is 9.59 Å². The zero-order chi connectivity index (χ0) is 20.9. The van der Waals surface area contributed by atoms with Crippen molar-refractivity contribution in [2.24, 2.45) is 0 Å². The number of carbonyl (C=O) groups excluding carboxylic acids is 2. The normalized spacial score (nSPS) is 15.0. The second kappa shape index (κ2) is 9.34. The third kappa shape index (κ3) is 4.67. The first-order chi connectivity index (χ1) is 14.6. The number of hydrogen-bond donors (Lipinski definition) is 2. The van der Waals surface area contributed by atoms with Crippen LogP contribution >= 0.6 is 11.8 Å². The topological polar surface area (TPSA) is 78.1 Å². The maximum Gasteiger partial charge on any atom is 0.227 e. The summed E-state index contributed by atoms with van der Waals surface area (Å²) in [4.78, 5) is 34.5. The van der Waals surface area contributed by atoms with Gasteiger partial charge in [0, 0.05) is 18.7 Å². The lowest BCUT2D eigenvalue weighted by Gasteiger charge is -2.17. The van der Waals surface area contributed by atoms with Gasteiger partial charge in [-0.05, 0) is 54.7 Å². The number of H-pyrrole nitrogens is 1. The van der Waals surface area contributed by atoms with E-state index in [1.807, 2.05) is 53.4 Å². The number of benzene rings is 2. The van der Waals surface area contributed by atoms with Crippen LogP contribution < -0.4 is 10.2 Å². The first kappa shape index (κ1) is 20.5. The van der Waals surface area contributed by atoms with Crippen LogP contribution in [-0.4, -0.2) is 40.3 Å². The molecule has 2 aromatic carbocycles. The van der Waals surface area contributed by atoms with Gasteiger partial charge in [0.25, 0.3) is 0 Å². The fourth-order valence-corrected chi connectivity index (χ4v) is 4.27. The van der Waals surface area contributed by atoms with Crippen LogP contribution in [0.1, 0.15) is 36.7 Å². The van der Waals surface area contributed by atoms with E-state index in [-0.39, 0.29) is 17.9 Å². The number of para-hydroxylation sites is 2. The van der Waals surface area contributed by atoms with E-state index in [1.165, 1.54) is 0 Å². The van der Waals surface area contributed by atoms with Crippen LogP contribution in [0.3, 0.4) is 0 Å². The van der Waals surface area contributed by atoms with Crippen molar-refractivity contribution in [3.63, 3.8) is 0 Å². The third-order valence-corrected chi connectivity index (χ3v) is 6.01. The van der Waals surface area contributed by atoms with E-state index in [2.05, 4.69) is 21.5 Å². The SMILES string of the molecule is CSCC[C@H](NC(=O)Cc1ccc(N2CCCC2=O)cc1)c1nc2ccccc2[nH]1. The fourth-order valence-electron chi connectivity index (χ4n) is 3.80. The standard InChI is InChI=1S/C23H26N4O2S/c1-30-14-12-20(23-25-18-5-2-3-6-19(18)26-23)24-21(28)15-16-8-10-17(11-9-16)27-13-4-7-22(27)29/h2-3,5-6,8-11,20H,4,7,12-15H2,1H3,(H,24,28)(H,25,26)/t20-/m0/s1. The molecule has 2 amide bonds. The molecule has 3 aromatic rings. The van der Waals surface area contributed by atoms with Crippen LogP contribution in [0.15, 0.2) is 48.5 Å². The molecule has 0 radical (unpaired) electrons. The number of imidazole rings is 1. The average Bonchev–Trinajstić information content (AvgIpc) is 3.37. The Kier molecular flexibility index (Phi) is 6.38. The number of rotatable bonds is 8. The Morgan fingerprint density at radius 1 is 1.23 bits per heavy atom. The summed E-state index contributed by atoms with van der Waals surface area (Å²) in [5.74, 6) is 1.86. The molecule has 0 unspecified atom stereocenters. The lowest BCUT2D eigenvalue weighted by atomic mass is 10.1. The van der Waals surface area contributed by atoms with E-state index < -0.39 is 0 Å². The molecule has 6 nitrogen and oxygen atoms in total. The second-order valence-electron chi connectivity index (χ2n) is 7.53. The largest absolute Gasteiger partial charge is 0.346 e. The van der Waals surface area contributed by atoms with Crippen molar-refractivity contribution in [1.29, 1.82) is 0 Å². The molecule has 1 fully saturated rings. The molecule has 7 heteroatoms. The van der Waals surface area contributed by atoms with Crippen LogP contribution in [0.4, 0.5) is 5.69 Å². The highest BCUT2D eigenvalue weighted by Crippen LogP contribution is 2.23. The van der Waals surface area contributed by atoms with Crippen LogP contribution in [0, 0.1) is 0 Å². The van der Waals surface area contributed by atoms with Crippen molar-refractivity contribution in [3.8, 4) is 0 Å². The third-order valence-electron chi connectivity index (χ3n) is 5.37. The molecule has 156 valence electrons. The Hall–Kier alpha value is -2.80. The van der Waals surface area contributed by atoms with Gasteiger partial charge < -0.3 is 15.2 Å². The molecule has 1 aromatic heterocycles. The van der Waals surface area contributed by atoms with Gasteiger partial charge in [-0.1, -0.05) is 24.3 Å². The highest BCUT2D eigenvalue weighted by molar-refractivity contribution is 7.98. The fraction of sp³-hybridized carbons (Fsp3) is 0.348. The van der Waals surface area contributed by atoms with Crippen molar-refractivity contribution in [2.75, 3.05) is 23.5 Å². The number of carbonyl (C=O) groups is 2. The van der Waals surface area contributed by atoms with Crippen molar-refractivity contribution in [1.82, 2.24) is 15.3 Å². The van der Waals surface area contributed by atoms with Gasteiger partial charge in [-0.25, -0.2) is 4.98 Å². The van der Waals surface area contributed by atoms with Gasteiger partial charge in [-0.2, -0.15) is 11.8 Å². The molecule has 4 rings (SSSR count). The molecule has 1 aliphatic heterocycles. The Morgan fingerprint density at radius 2 is 2.03 bits per heavy atom. The minimum absolute atomic E-state index is 0.0356. The molecule has 30 heavy (non-hydrogen) atoms. The van der Waals surface area contributed by atoms with E-state index in [0.29, 0.717) is 12.8 Å². The number of nitrogens with one attached hydrogen (secondary N) is 2. The maximum absolute atomic E-state index is 12.7. The number of fused-ring (bicyclic) bond motifs is 1. The summed E-state index contributed by atoms with van der Waals surface area (Å²) in [6.45, 7) is 0.771. The summed E-state index contributed by atoms with van der Waals surface area (Å²) in [6.07, 6.45) is 4.68. The summed E-state index contributed by atoms with van der Waals surface area (Å²) >= 11 is 1.75. The van der Waals surface area contributed by atoms with Crippen LogP contribution in [0.25, 0.3) is 11.0 Å². The molecule has 0 bridgehead atoms. The monoisotopic (exact) mass is 422 g/mol. The highest BCUT2D eigenvalue weighted by Gasteiger charge is 2.22. The Balaban J connectivity index is 1.42. The summed E-state index contributed by atoms with van der Waals surface area (Å²) in [7, 11) is 0. The quantitative estimate of drug-likeness (QED) is 0.578. The maximum atomic E-state index is 12.7. The Bertz CT molecular complexity index is 998. The summed E-state index contributed by atoms with van der Waals surface area (Å²) in [5.41, 5.74) is 3.71. The average molecular weight is 423 g/mol. The lowest BCUT2D eigenvalue weighted by Crippen LogP contribution is -2.31. The summed E-state index contributed by atoms with van der Waals surface area (Å²) < 4.78 is 0. The minimum Gasteiger partial charge on any atom is -0.346 e. The zero-order valence-corrected chi connectivity index (χ0v) is 17.9. The molecule has 2 heterocycles. The van der Waals surface area contributed by atoms with Crippen LogP contribution in [-0.2, 0) is 16.0 Å². The number of thioether (sulfide) groups is 1. The minimum atomic E-state index is -0.154. The van der Waals surface area contributed by atoms with Gasteiger partial charge in [-0.3, -0.25) is 9.59 Å². The Labute approximate surface area is 180 Å². The van der Waals surface area contributed by atoms with Gasteiger partial charge in [0.05, 0.1) is 23.5 Å². The number of hydrogen-bond acceptors (Lipinski definition) is 4. The van der Waals surface area contributed by atoms with E-state index in [1.54, 1.807) is 11.8 Å². The first-order valence-corrected chi connectivity index (χ1v) is 11.7. The number of anilines is 1. The summed E-state index contributed by atoms with van der Waals surface area (Å²) in [5, 5.41) is 3.14. The predicted molar refractivity (Wildman–Crippen MR) is 122 cm³/mol. The molecule has 1 atom stereocenters. The van der Waals surface area contributed by atoms with E-state index in [9.17, 15) is 9.59 Å². The molecule has 2 N–H and O–H groups in total. The molecule has 1 aliphatic rings. The molecular formula is C23H26N4O2S. The van der Waals surface area contributed by atoms with E-state index in [0.717, 1.165) is 53.2 Å². The van der Waals surface area contributed by atoms with Gasteiger partial charge in [0.15, 0.2) is 0 Å². The van der Waals surface area contributed by atoms with Gasteiger partial charge in [-0.15, -0.1) is 0 Å². The van der Waals surface area contributed by atoms with Gasteiger partial charge >= 0.3 is 0 Å². The van der Waals surface area contributed by atoms with Crippen molar-refractivity contribution in [2.45, 2.75) is 31.7 Å². The molecule has 1 saturated heterocycles. The highest BCUT2D eigenvalue weighted by atomic mass is 32.2. The van der Waals surface area contributed by atoms with E-state index in [4.69, 9.17) is 0 Å². The molecule has 0 spiro atoms. The first-order valence-electron chi connectivity index (χ1n) is 10.3. The number of amides is 2. The lowest BCUT2D eigenvalue weighted by molar-refractivity contribution is -0.121. The van der Waals surface area contributed by atoms with Crippen LogP contribution in [0.5, 0.6) is 0 Å². The van der Waals surface area contributed by atoms with Gasteiger partial charge in [0.2, 0.25) is 11.8 Å². The van der Waals surface area contributed by atoms with Crippen LogP contribution in [0.2, 0.25) is 0 Å².